The molecule has 0 unspecified atom stereocenters. The van der Waals surface area contributed by atoms with Gasteiger partial charge in [0.15, 0.2) is 0 Å². The van der Waals surface area contributed by atoms with Crippen LogP contribution in [-0.2, 0) is 6.42 Å². The molecule has 0 saturated carbocycles. The summed E-state index contributed by atoms with van der Waals surface area (Å²) < 4.78 is 0. The van der Waals surface area contributed by atoms with Gasteiger partial charge in [0.1, 0.15) is 0 Å². The molecule has 1 aromatic heterocycles. The van der Waals surface area contributed by atoms with Crippen LogP contribution in [0.5, 0.6) is 0 Å². The smallest absolute Gasteiger partial charge is 0.0768 e. The van der Waals surface area contributed by atoms with E-state index in [9.17, 15) is 0 Å². The zero-order valence-corrected chi connectivity index (χ0v) is 10.9. The molecule has 0 bridgehead atoms. The third-order valence-electron chi connectivity index (χ3n) is 3.73. The number of nitrogen functional groups attached to an aromatic ring is 1. The standard InChI is InChI=1S/C16H11ClN2/c17-10-5-6-11-9(7-10)8-13-15(18)12-3-1-2-4-14(12)19-16(11)13/h1-7H,8H2,(H2,18,19). The monoisotopic (exact) mass is 266 g/mol. The highest BCUT2D eigenvalue weighted by Crippen LogP contribution is 2.41. The lowest BCUT2D eigenvalue weighted by Crippen LogP contribution is -1.96. The number of rotatable bonds is 0. The summed E-state index contributed by atoms with van der Waals surface area (Å²) in [4.78, 5) is 4.76. The summed E-state index contributed by atoms with van der Waals surface area (Å²) in [6.07, 6.45) is 0.814. The Labute approximate surface area is 115 Å². The van der Waals surface area contributed by atoms with Gasteiger partial charge in [-0.2, -0.15) is 0 Å². The van der Waals surface area contributed by atoms with Crippen LogP contribution in [0.15, 0.2) is 42.5 Å². The van der Waals surface area contributed by atoms with E-state index >= 15 is 0 Å². The van der Waals surface area contributed by atoms with Gasteiger partial charge in [-0.05, 0) is 23.8 Å². The molecule has 19 heavy (non-hydrogen) atoms. The second-order valence-electron chi connectivity index (χ2n) is 4.85. The van der Waals surface area contributed by atoms with E-state index < -0.39 is 0 Å². The van der Waals surface area contributed by atoms with Crippen molar-refractivity contribution in [2.24, 2.45) is 0 Å². The van der Waals surface area contributed by atoms with E-state index in [-0.39, 0.29) is 0 Å². The quantitative estimate of drug-likeness (QED) is 0.522. The van der Waals surface area contributed by atoms with Crippen LogP contribution >= 0.6 is 11.6 Å². The van der Waals surface area contributed by atoms with Gasteiger partial charge in [0.05, 0.1) is 11.2 Å². The Bertz CT molecular complexity index is 824. The zero-order valence-electron chi connectivity index (χ0n) is 10.2. The van der Waals surface area contributed by atoms with Crippen LogP contribution in [0, 0.1) is 0 Å². The first-order valence-electron chi connectivity index (χ1n) is 6.20. The molecule has 0 radical (unpaired) electrons. The fourth-order valence-electron chi connectivity index (χ4n) is 2.81. The molecular weight excluding hydrogens is 256 g/mol. The highest BCUT2D eigenvalue weighted by atomic mass is 35.5. The van der Waals surface area contributed by atoms with Gasteiger partial charge < -0.3 is 5.73 Å². The number of nitrogens with two attached hydrogens (primary N) is 1. The number of pyridine rings is 1. The fourth-order valence-corrected chi connectivity index (χ4v) is 3.00. The van der Waals surface area contributed by atoms with Gasteiger partial charge in [-0.1, -0.05) is 35.9 Å². The first kappa shape index (κ1) is 10.8. The summed E-state index contributed by atoms with van der Waals surface area (Å²) in [5, 5.41) is 1.79. The number of nitrogens with zero attached hydrogens (tertiary/aromatic N) is 1. The van der Waals surface area contributed by atoms with E-state index in [1.807, 2.05) is 42.5 Å². The number of para-hydroxylation sites is 1. The Morgan fingerprint density at radius 1 is 1.11 bits per heavy atom. The van der Waals surface area contributed by atoms with E-state index in [1.54, 1.807) is 0 Å². The van der Waals surface area contributed by atoms with Crippen LogP contribution in [0.1, 0.15) is 11.1 Å². The first-order chi connectivity index (χ1) is 9.24. The molecule has 0 aliphatic heterocycles. The summed E-state index contributed by atoms with van der Waals surface area (Å²) in [5.74, 6) is 0. The van der Waals surface area contributed by atoms with Gasteiger partial charge in [-0.15, -0.1) is 0 Å². The lowest BCUT2D eigenvalue weighted by molar-refractivity contribution is 1.26. The molecule has 1 aliphatic rings. The Hall–Kier alpha value is -2.06. The maximum Gasteiger partial charge on any atom is 0.0768 e. The molecule has 2 N–H and O–H groups in total. The average molecular weight is 267 g/mol. The lowest BCUT2D eigenvalue weighted by atomic mass is 10.1. The highest BCUT2D eigenvalue weighted by Gasteiger charge is 2.23. The van der Waals surface area contributed by atoms with Crippen molar-refractivity contribution in [3.63, 3.8) is 0 Å². The summed E-state index contributed by atoms with van der Waals surface area (Å²) >= 11 is 6.06. The predicted octanol–water partition coefficient (Wildman–Crippen LogP) is 4.04. The molecule has 0 saturated heterocycles. The van der Waals surface area contributed by atoms with Crippen LogP contribution in [0.2, 0.25) is 5.02 Å². The van der Waals surface area contributed by atoms with Crippen molar-refractivity contribution in [1.29, 1.82) is 0 Å². The normalized spacial score (nSPS) is 12.5. The SMILES string of the molecule is Nc1c2c(nc3ccccc13)-c1ccc(Cl)cc1C2. The zero-order chi connectivity index (χ0) is 13.0. The summed E-state index contributed by atoms with van der Waals surface area (Å²) in [6, 6.07) is 13.9. The Kier molecular flexibility index (Phi) is 2.12. The molecule has 92 valence electrons. The molecule has 1 aliphatic carbocycles. The molecular formula is C16H11ClN2. The van der Waals surface area contributed by atoms with Gasteiger partial charge in [-0.3, -0.25) is 0 Å². The topological polar surface area (TPSA) is 38.9 Å². The summed E-state index contributed by atoms with van der Waals surface area (Å²) in [7, 11) is 0. The highest BCUT2D eigenvalue weighted by molar-refractivity contribution is 6.30. The van der Waals surface area contributed by atoms with Crippen molar-refractivity contribution in [1.82, 2.24) is 4.98 Å². The van der Waals surface area contributed by atoms with E-state index in [0.29, 0.717) is 0 Å². The Morgan fingerprint density at radius 2 is 1.95 bits per heavy atom. The molecule has 0 fully saturated rings. The molecule has 2 nitrogen and oxygen atoms in total. The van der Waals surface area contributed by atoms with E-state index in [0.717, 1.165) is 44.9 Å². The number of aromatic nitrogens is 1. The second kappa shape index (κ2) is 3.72. The summed E-state index contributed by atoms with van der Waals surface area (Å²) in [5.41, 5.74) is 12.6. The maximum atomic E-state index is 6.31. The van der Waals surface area contributed by atoms with Crippen molar-refractivity contribution in [2.75, 3.05) is 5.73 Å². The molecule has 0 amide bonds. The number of anilines is 1. The van der Waals surface area contributed by atoms with Gasteiger partial charge >= 0.3 is 0 Å². The van der Waals surface area contributed by atoms with Crippen molar-refractivity contribution >= 4 is 28.2 Å². The van der Waals surface area contributed by atoms with E-state index in [2.05, 4.69) is 0 Å². The third kappa shape index (κ3) is 1.47. The molecule has 0 atom stereocenters. The van der Waals surface area contributed by atoms with Crippen LogP contribution < -0.4 is 5.73 Å². The summed E-state index contributed by atoms with van der Waals surface area (Å²) in [6.45, 7) is 0. The van der Waals surface area contributed by atoms with Crippen molar-refractivity contribution in [3.8, 4) is 11.3 Å². The van der Waals surface area contributed by atoms with E-state index in [4.69, 9.17) is 22.3 Å². The predicted molar refractivity (Wildman–Crippen MR) is 79.4 cm³/mol. The van der Waals surface area contributed by atoms with Crippen LogP contribution in [-0.4, -0.2) is 4.98 Å². The lowest BCUT2D eigenvalue weighted by Gasteiger charge is -2.07. The fraction of sp³-hybridized carbons (Fsp3) is 0.0625. The molecule has 3 heteroatoms. The van der Waals surface area contributed by atoms with Crippen LogP contribution in [0.4, 0.5) is 5.69 Å². The molecule has 2 aromatic carbocycles. The number of hydrogen-bond acceptors (Lipinski definition) is 2. The minimum Gasteiger partial charge on any atom is -0.398 e. The van der Waals surface area contributed by atoms with Crippen molar-refractivity contribution in [2.45, 2.75) is 6.42 Å². The first-order valence-corrected chi connectivity index (χ1v) is 6.58. The minimum atomic E-state index is 0.759. The number of fused-ring (bicyclic) bond motifs is 4. The van der Waals surface area contributed by atoms with Gasteiger partial charge in [0.25, 0.3) is 0 Å². The number of hydrogen-bond donors (Lipinski definition) is 1. The van der Waals surface area contributed by atoms with Crippen LogP contribution in [0.3, 0.4) is 0 Å². The maximum absolute atomic E-state index is 6.31. The second-order valence-corrected chi connectivity index (χ2v) is 5.28. The molecule has 0 spiro atoms. The minimum absolute atomic E-state index is 0.759. The number of halogens is 1. The van der Waals surface area contributed by atoms with Crippen molar-refractivity contribution < 1.29 is 0 Å². The molecule has 1 heterocycles. The van der Waals surface area contributed by atoms with E-state index in [1.165, 1.54) is 5.56 Å². The molecule has 3 aromatic rings. The van der Waals surface area contributed by atoms with Crippen LogP contribution in [0.25, 0.3) is 22.2 Å². The Balaban J connectivity index is 2.08. The Morgan fingerprint density at radius 3 is 2.84 bits per heavy atom. The average Bonchev–Trinajstić information content (AvgIpc) is 2.77. The third-order valence-corrected chi connectivity index (χ3v) is 3.96. The largest absolute Gasteiger partial charge is 0.398 e. The molecule has 4 rings (SSSR count). The van der Waals surface area contributed by atoms with Gasteiger partial charge in [0.2, 0.25) is 0 Å². The van der Waals surface area contributed by atoms with Gasteiger partial charge in [-0.25, -0.2) is 4.98 Å². The number of benzene rings is 2. The van der Waals surface area contributed by atoms with Crippen molar-refractivity contribution in [3.05, 3.63) is 58.6 Å². The van der Waals surface area contributed by atoms with Gasteiger partial charge in [0, 0.05) is 33.6 Å².